The number of carbonyl (C=O) groups is 4. The Morgan fingerprint density at radius 1 is 1.08 bits per heavy atom. The van der Waals surface area contributed by atoms with E-state index in [-0.39, 0.29) is 38.5 Å². The van der Waals surface area contributed by atoms with Crippen LogP contribution in [-0.4, -0.2) is 78.0 Å². The molecular formula is C25H36F3N3O7. The van der Waals surface area contributed by atoms with Crippen LogP contribution in [0.25, 0.3) is 0 Å². The largest absolute Gasteiger partial charge is 0.480 e. The van der Waals surface area contributed by atoms with Gasteiger partial charge in [0, 0.05) is 6.54 Å². The molecule has 1 aliphatic heterocycles. The van der Waals surface area contributed by atoms with Crippen LogP contribution >= 0.6 is 0 Å². The van der Waals surface area contributed by atoms with E-state index in [0.717, 1.165) is 24.9 Å². The summed E-state index contributed by atoms with van der Waals surface area (Å²) in [6.07, 6.45) is -1.80. The maximum Gasteiger partial charge on any atom is 0.471 e. The monoisotopic (exact) mass is 547 g/mol. The van der Waals surface area contributed by atoms with Gasteiger partial charge in [0.2, 0.25) is 0 Å². The normalized spacial score (nSPS) is 16.5. The summed E-state index contributed by atoms with van der Waals surface area (Å²) in [6.45, 7) is 2.44. The van der Waals surface area contributed by atoms with Crippen molar-refractivity contribution < 1.29 is 47.3 Å². The third-order valence-corrected chi connectivity index (χ3v) is 5.66. The van der Waals surface area contributed by atoms with Gasteiger partial charge < -0.3 is 25.6 Å². The molecular weight excluding hydrogens is 511 g/mol. The number of aliphatic carboxylic acids is 2. The molecule has 1 aromatic carbocycles. The van der Waals surface area contributed by atoms with Gasteiger partial charge in [-0.3, -0.25) is 24.5 Å². The summed E-state index contributed by atoms with van der Waals surface area (Å²) in [7, 11) is 0. The molecule has 214 valence electrons. The van der Waals surface area contributed by atoms with Crippen LogP contribution in [0.1, 0.15) is 51.0 Å². The molecule has 0 saturated carbocycles. The number of nitrogens with one attached hydrogen (secondary N) is 3. The molecule has 1 aliphatic rings. The summed E-state index contributed by atoms with van der Waals surface area (Å²) in [5.41, 5.74) is 0.987. The Labute approximate surface area is 219 Å². The number of carboxylic acids is 2. The lowest BCUT2D eigenvalue weighted by Gasteiger charge is -2.22. The van der Waals surface area contributed by atoms with Crippen LogP contribution in [0.2, 0.25) is 0 Å². The van der Waals surface area contributed by atoms with E-state index in [1.165, 1.54) is 0 Å². The van der Waals surface area contributed by atoms with Gasteiger partial charge in [0.15, 0.2) is 0 Å². The van der Waals surface area contributed by atoms with E-state index in [4.69, 9.17) is 9.84 Å². The molecule has 0 aromatic heterocycles. The molecule has 13 heteroatoms. The van der Waals surface area contributed by atoms with Crippen molar-refractivity contribution in [1.29, 1.82) is 0 Å². The van der Waals surface area contributed by atoms with Crippen molar-refractivity contribution in [2.24, 2.45) is 0 Å². The number of esters is 1. The molecule has 0 unspecified atom stereocenters. The minimum atomic E-state index is -4.95. The molecule has 0 bridgehead atoms. The van der Waals surface area contributed by atoms with Crippen LogP contribution in [0.4, 0.5) is 13.2 Å². The summed E-state index contributed by atoms with van der Waals surface area (Å²) in [5, 5.41) is 25.2. The minimum absolute atomic E-state index is 0.0818. The van der Waals surface area contributed by atoms with Crippen LogP contribution in [0.3, 0.4) is 0 Å². The number of aryl methyl sites for hydroxylation is 1. The summed E-state index contributed by atoms with van der Waals surface area (Å²) < 4.78 is 41.4. The topological polar surface area (TPSA) is 154 Å². The smallest absolute Gasteiger partial charge is 0.471 e. The highest BCUT2D eigenvalue weighted by atomic mass is 19.4. The van der Waals surface area contributed by atoms with Gasteiger partial charge in [-0.15, -0.1) is 0 Å². The fraction of sp³-hybridized carbons (Fsp3) is 0.600. The third-order valence-electron chi connectivity index (χ3n) is 5.66. The second kappa shape index (κ2) is 17.3. The predicted octanol–water partition coefficient (Wildman–Crippen LogP) is 2.27. The van der Waals surface area contributed by atoms with Gasteiger partial charge in [-0.25, -0.2) is 0 Å². The van der Waals surface area contributed by atoms with Crippen molar-refractivity contribution in [3.05, 3.63) is 35.9 Å². The predicted molar refractivity (Wildman–Crippen MR) is 131 cm³/mol. The first-order valence-corrected chi connectivity index (χ1v) is 12.5. The molecule has 0 spiro atoms. The minimum Gasteiger partial charge on any atom is -0.480 e. The number of unbranched alkanes of at least 4 members (excludes halogenated alkanes) is 1. The highest BCUT2D eigenvalue weighted by molar-refractivity contribution is 5.81. The molecule has 1 aromatic rings. The molecule has 38 heavy (non-hydrogen) atoms. The molecule has 1 saturated heterocycles. The lowest BCUT2D eigenvalue weighted by atomic mass is 10.0. The Kier molecular flexibility index (Phi) is 15.0. The highest BCUT2D eigenvalue weighted by Crippen LogP contribution is 2.14. The lowest BCUT2D eigenvalue weighted by molar-refractivity contribution is -0.173. The second-order valence-electron chi connectivity index (χ2n) is 8.62. The molecule has 1 heterocycles. The number of rotatable bonds is 14. The standard InChI is InChI=1S/C20H27F3N2O5.C5H9NO2/c1-2-30-18(28)16(12-11-14-8-4-3-5-9-14)25-15(17(26)27)10-6-7-13-24-19(29)20(21,22)23;7-5(8)4-2-1-3-6-4/h3-5,8-9,15-16,25H,2,6-7,10-13H2,1H3,(H,24,29)(H,26,27);4,6H,1-3H2,(H,7,8)/t15-,16-;4-/m00/s1. The fourth-order valence-electron chi connectivity index (χ4n) is 3.66. The Morgan fingerprint density at radius 2 is 1.76 bits per heavy atom. The zero-order valence-corrected chi connectivity index (χ0v) is 21.3. The molecule has 1 fully saturated rings. The molecule has 0 aliphatic carbocycles. The first-order valence-electron chi connectivity index (χ1n) is 12.5. The van der Waals surface area contributed by atoms with Crippen molar-refractivity contribution >= 4 is 23.8 Å². The summed E-state index contributed by atoms with van der Waals surface area (Å²) in [6, 6.07) is 7.19. The Bertz CT molecular complexity index is 879. The summed E-state index contributed by atoms with van der Waals surface area (Å²) in [4.78, 5) is 44.7. The van der Waals surface area contributed by atoms with Crippen LogP contribution in [-0.2, 0) is 30.3 Å². The highest BCUT2D eigenvalue weighted by Gasteiger charge is 2.38. The Morgan fingerprint density at radius 3 is 2.26 bits per heavy atom. The van der Waals surface area contributed by atoms with Gasteiger partial charge in [0.1, 0.15) is 18.1 Å². The number of ether oxygens (including phenoxy) is 1. The lowest BCUT2D eigenvalue weighted by Crippen LogP contribution is -2.48. The fourth-order valence-corrected chi connectivity index (χ4v) is 3.66. The van der Waals surface area contributed by atoms with Gasteiger partial charge in [0.05, 0.1) is 6.61 Å². The van der Waals surface area contributed by atoms with E-state index in [2.05, 4.69) is 10.6 Å². The van der Waals surface area contributed by atoms with E-state index in [9.17, 15) is 37.5 Å². The van der Waals surface area contributed by atoms with Gasteiger partial charge in [-0.1, -0.05) is 30.3 Å². The summed E-state index contributed by atoms with van der Waals surface area (Å²) in [5.74, 6) is -4.48. The number of carbonyl (C=O) groups excluding carboxylic acids is 2. The molecule has 10 nitrogen and oxygen atoms in total. The quantitative estimate of drug-likeness (QED) is 0.174. The number of hydrogen-bond donors (Lipinski definition) is 5. The molecule has 3 atom stereocenters. The van der Waals surface area contributed by atoms with Gasteiger partial charge >= 0.3 is 30.0 Å². The first kappa shape index (κ1) is 32.8. The zero-order valence-electron chi connectivity index (χ0n) is 21.3. The maximum atomic E-state index is 12.2. The number of hydrogen-bond acceptors (Lipinski definition) is 7. The van der Waals surface area contributed by atoms with Crippen molar-refractivity contribution in [3.8, 4) is 0 Å². The zero-order chi connectivity index (χ0) is 28.6. The van der Waals surface area contributed by atoms with Crippen molar-refractivity contribution in [3.63, 3.8) is 0 Å². The van der Waals surface area contributed by atoms with Crippen LogP contribution in [0, 0.1) is 0 Å². The van der Waals surface area contributed by atoms with E-state index < -0.39 is 42.1 Å². The van der Waals surface area contributed by atoms with E-state index in [1.807, 2.05) is 30.3 Å². The first-order chi connectivity index (χ1) is 18.0. The average Bonchev–Trinajstić information content (AvgIpc) is 3.41. The van der Waals surface area contributed by atoms with Gasteiger partial charge in [-0.2, -0.15) is 13.2 Å². The van der Waals surface area contributed by atoms with Crippen LogP contribution in [0.15, 0.2) is 30.3 Å². The maximum absolute atomic E-state index is 12.2. The number of benzene rings is 1. The SMILES string of the molecule is CCOC(=O)[C@H](CCc1ccccc1)N[C@@H](CCCCNC(=O)C(F)(F)F)C(=O)O.O=C(O)[C@@H]1CCCN1. The number of halogens is 3. The van der Waals surface area contributed by atoms with Gasteiger partial charge in [-0.05, 0) is 64.0 Å². The van der Waals surface area contributed by atoms with E-state index in [0.29, 0.717) is 12.8 Å². The Balaban J connectivity index is 0.000000763. The van der Waals surface area contributed by atoms with E-state index in [1.54, 1.807) is 12.2 Å². The molecule has 2 rings (SSSR count). The molecule has 0 radical (unpaired) electrons. The average molecular weight is 548 g/mol. The van der Waals surface area contributed by atoms with Crippen LogP contribution < -0.4 is 16.0 Å². The molecule has 5 N–H and O–H groups in total. The molecule has 1 amide bonds. The van der Waals surface area contributed by atoms with Crippen molar-refractivity contribution in [2.75, 3.05) is 19.7 Å². The second-order valence-corrected chi connectivity index (χ2v) is 8.62. The number of alkyl halides is 3. The number of amides is 1. The Hall–Kier alpha value is -3.19. The van der Waals surface area contributed by atoms with E-state index >= 15 is 0 Å². The van der Waals surface area contributed by atoms with Crippen molar-refractivity contribution in [1.82, 2.24) is 16.0 Å². The number of carboxylic acid groups (broad SMARTS) is 2. The van der Waals surface area contributed by atoms with Crippen molar-refractivity contribution in [2.45, 2.75) is 76.2 Å². The van der Waals surface area contributed by atoms with Crippen LogP contribution in [0.5, 0.6) is 0 Å². The summed E-state index contributed by atoms with van der Waals surface area (Å²) >= 11 is 0. The third kappa shape index (κ3) is 13.4. The van der Waals surface area contributed by atoms with Gasteiger partial charge in [0.25, 0.3) is 0 Å².